The first kappa shape index (κ1) is 15.3. The van der Waals surface area contributed by atoms with Crippen molar-refractivity contribution in [2.24, 2.45) is 0 Å². The Kier molecular flexibility index (Phi) is 4.08. The van der Waals surface area contributed by atoms with Crippen molar-refractivity contribution in [3.8, 4) is 0 Å². The second-order valence-electron chi connectivity index (χ2n) is 4.87. The van der Waals surface area contributed by atoms with Gasteiger partial charge in [0.05, 0.1) is 10.9 Å². The van der Waals surface area contributed by atoms with E-state index in [2.05, 4.69) is 5.32 Å². The third-order valence-electron chi connectivity index (χ3n) is 3.48. The highest BCUT2D eigenvalue weighted by Gasteiger charge is 2.38. The van der Waals surface area contributed by atoms with Crippen molar-refractivity contribution in [1.82, 2.24) is 9.62 Å². The highest BCUT2D eigenvalue weighted by molar-refractivity contribution is 7.91. The SMILES string of the molecule is O=S(=O)(c1ccc(Cl)cc1)N1C(=S)NCC1c1ccccc1. The van der Waals surface area contributed by atoms with Gasteiger partial charge in [0.25, 0.3) is 10.0 Å². The average Bonchev–Trinajstić information content (AvgIpc) is 2.91. The number of nitrogens with one attached hydrogen (secondary N) is 1. The van der Waals surface area contributed by atoms with Gasteiger partial charge < -0.3 is 5.32 Å². The van der Waals surface area contributed by atoms with Crippen LogP contribution in [-0.4, -0.2) is 24.4 Å². The van der Waals surface area contributed by atoms with Crippen LogP contribution in [-0.2, 0) is 10.0 Å². The number of hydrogen-bond acceptors (Lipinski definition) is 3. The van der Waals surface area contributed by atoms with E-state index in [0.29, 0.717) is 11.6 Å². The van der Waals surface area contributed by atoms with Crippen molar-refractivity contribution in [3.63, 3.8) is 0 Å². The Morgan fingerprint density at radius 2 is 1.73 bits per heavy atom. The first-order chi connectivity index (χ1) is 10.5. The van der Waals surface area contributed by atoms with Gasteiger partial charge in [-0.15, -0.1) is 0 Å². The second kappa shape index (κ2) is 5.87. The van der Waals surface area contributed by atoms with Gasteiger partial charge in [0.15, 0.2) is 5.11 Å². The lowest BCUT2D eigenvalue weighted by Crippen LogP contribution is -2.35. The minimum atomic E-state index is -3.73. The summed E-state index contributed by atoms with van der Waals surface area (Å²) in [6.45, 7) is 0.454. The van der Waals surface area contributed by atoms with Crippen molar-refractivity contribution < 1.29 is 8.42 Å². The average molecular weight is 353 g/mol. The summed E-state index contributed by atoms with van der Waals surface area (Å²) < 4.78 is 27.1. The summed E-state index contributed by atoms with van der Waals surface area (Å²) in [5.74, 6) is 0. The van der Waals surface area contributed by atoms with Crippen LogP contribution < -0.4 is 5.32 Å². The molecule has 1 fully saturated rings. The van der Waals surface area contributed by atoms with Crippen LogP contribution >= 0.6 is 23.8 Å². The van der Waals surface area contributed by atoms with E-state index in [9.17, 15) is 8.42 Å². The lowest BCUT2D eigenvalue weighted by atomic mass is 10.1. The molecule has 2 aromatic carbocycles. The third-order valence-corrected chi connectivity index (χ3v) is 6.02. The van der Waals surface area contributed by atoms with E-state index in [0.717, 1.165) is 5.56 Å². The van der Waals surface area contributed by atoms with Gasteiger partial charge in [-0.1, -0.05) is 41.9 Å². The molecule has 1 heterocycles. The minimum Gasteiger partial charge on any atom is -0.359 e. The minimum absolute atomic E-state index is 0.170. The van der Waals surface area contributed by atoms with Gasteiger partial charge in [0.2, 0.25) is 0 Å². The van der Waals surface area contributed by atoms with Crippen LogP contribution in [0.1, 0.15) is 11.6 Å². The molecule has 0 radical (unpaired) electrons. The molecule has 1 aliphatic heterocycles. The normalized spacial score (nSPS) is 18.3. The Hall–Kier alpha value is -1.63. The van der Waals surface area contributed by atoms with Crippen molar-refractivity contribution >= 4 is 39.0 Å². The predicted molar refractivity (Wildman–Crippen MR) is 90.3 cm³/mol. The Labute approximate surface area is 139 Å². The van der Waals surface area contributed by atoms with Gasteiger partial charge in [0.1, 0.15) is 0 Å². The van der Waals surface area contributed by atoms with Gasteiger partial charge in [-0.25, -0.2) is 12.7 Å². The Balaban J connectivity index is 2.03. The Bertz CT molecular complexity index is 792. The molecule has 0 amide bonds. The molecule has 3 rings (SSSR count). The molecule has 1 unspecified atom stereocenters. The van der Waals surface area contributed by atoms with Crippen molar-refractivity contribution in [1.29, 1.82) is 0 Å². The van der Waals surface area contributed by atoms with E-state index in [4.69, 9.17) is 23.8 Å². The lowest BCUT2D eigenvalue weighted by Gasteiger charge is -2.24. The lowest BCUT2D eigenvalue weighted by molar-refractivity contribution is 0.477. The van der Waals surface area contributed by atoms with Gasteiger partial charge in [0, 0.05) is 11.6 Å². The van der Waals surface area contributed by atoms with E-state index < -0.39 is 10.0 Å². The number of rotatable bonds is 3. The van der Waals surface area contributed by atoms with E-state index >= 15 is 0 Å². The van der Waals surface area contributed by atoms with Crippen molar-refractivity contribution in [2.45, 2.75) is 10.9 Å². The molecule has 1 saturated heterocycles. The van der Waals surface area contributed by atoms with Gasteiger partial charge in [-0.3, -0.25) is 0 Å². The molecule has 0 aliphatic carbocycles. The molecule has 7 heteroatoms. The fourth-order valence-electron chi connectivity index (χ4n) is 2.41. The largest absolute Gasteiger partial charge is 0.359 e. The molecule has 1 aliphatic rings. The summed E-state index contributed by atoms with van der Waals surface area (Å²) in [7, 11) is -3.73. The van der Waals surface area contributed by atoms with E-state index in [1.165, 1.54) is 16.4 Å². The maximum Gasteiger partial charge on any atom is 0.266 e. The fourth-order valence-corrected chi connectivity index (χ4v) is 4.56. The number of nitrogens with zero attached hydrogens (tertiary/aromatic N) is 1. The van der Waals surface area contributed by atoms with Gasteiger partial charge >= 0.3 is 0 Å². The van der Waals surface area contributed by atoms with E-state index in [-0.39, 0.29) is 16.0 Å². The van der Waals surface area contributed by atoms with Crippen LogP contribution in [0.4, 0.5) is 0 Å². The summed E-state index contributed by atoms with van der Waals surface area (Å²) in [5.41, 5.74) is 0.896. The molecule has 1 atom stereocenters. The summed E-state index contributed by atoms with van der Waals surface area (Å²) >= 11 is 11.0. The summed E-state index contributed by atoms with van der Waals surface area (Å²) in [5, 5.41) is 3.66. The topological polar surface area (TPSA) is 49.4 Å². The fraction of sp³-hybridized carbons (Fsp3) is 0.133. The van der Waals surface area contributed by atoms with Crippen LogP contribution in [0.15, 0.2) is 59.5 Å². The van der Waals surface area contributed by atoms with Crippen LogP contribution in [0, 0.1) is 0 Å². The summed E-state index contributed by atoms with van der Waals surface area (Å²) in [6.07, 6.45) is 0. The number of benzene rings is 2. The molecule has 0 saturated carbocycles. The van der Waals surface area contributed by atoms with E-state index in [1.807, 2.05) is 30.3 Å². The van der Waals surface area contributed by atoms with Crippen molar-refractivity contribution in [2.75, 3.05) is 6.54 Å². The molecular formula is C15H13ClN2O2S2. The number of halogens is 1. The predicted octanol–water partition coefficient (Wildman–Crippen LogP) is 2.96. The molecule has 114 valence electrons. The molecular weight excluding hydrogens is 340 g/mol. The smallest absolute Gasteiger partial charge is 0.266 e. The molecule has 0 spiro atoms. The van der Waals surface area contributed by atoms with Crippen LogP contribution in [0.2, 0.25) is 5.02 Å². The van der Waals surface area contributed by atoms with E-state index in [1.54, 1.807) is 12.1 Å². The molecule has 0 aromatic heterocycles. The van der Waals surface area contributed by atoms with Crippen LogP contribution in [0.3, 0.4) is 0 Å². The number of thiocarbonyl (C=S) groups is 1. The molecule has 4 nitrogen and oxygen atoms in total. The highest BCUT2D eigenvalue weighted by Crippen LogP contribution is 2.31. The highest BCUT2D eigenvalue weighted by atomic mass is 35.5. The second-order valence-corrected chi connectivity index (χ2v) is 7.51. The zero-order chi connectivity index (χ0) is 15.7. The molecule has 22 heavy (non-hydrogen) atoms. The quantitative estimate of drug-likeness (QED) is 0.863. The van der Waals surface area contributed by atoms with Crippen molar-refractivity contribution in [3.05, 3.63) is 65.2 Å². The molecule has 1 N–H and O–H groups in total. The zero-order valence-electron chi connectivity index (χ0n) is 11.4. The molecule has 2 aromatic rings. The first-order valence-electron chi connectivity index (χ1n) is 6.63. The first-order valence-corrected chi connectivity index (χ1v) is 8.85. The Morgan fingerprint density at radius 3 is 2.36 bits per heavy atom. The molecule has 0 bridgehead atoms. The maximum absolute atomic E-state index is 12.9. The van der Waals surface area contributed by atoms with Crippen LogP contribution in [0.5, 0.6) is 0 Å². The Morgan fingerprint density at radius 1 is 1.09 bits per heavy atom. The van der Waals surface area contributed by atoms with Gasteiger partial charge in [-0.05, 0) is 42.0 Å². The summed E-state index contributed by atoms with van der Waals surface area (Å²) in [6, 6.07) is 15.2. The summed E-state index contributed by atoms with van der Waals surface area (Å²) in [4.78, 5) is 0.170. The number of hydrogen-bond donors (Lipinski definition) is 1. The number of sulfonamides is 1. The van der Waals surface area contributed by atoms with Crippen LogP contribution in [0.25, 0.3) is 0 Å². The standard InChI is InChI=1S/C15H13ClN2O2S2/c16-12-6-8-13(9-7-12)22(19,20)18-14(10-17-15(18)21)11-4-2-1-3-5-11/h1-9,14H,10H2,(H,17,21). The van der Waals surface area contributed by atoms with Gasteiger partial charge in [-0.2, -0.15) is 0 Å². The zero-order valence-corrected chi connectivity index (χ0v) is 13.8. The monoisotopic (exact) mass is 352 g/mol. The maximum atomic E-state index is 12.9. The third kappa shape index (κ3) is 2.69.